The summed E-state index contributed by atoms with van der Waals surface area (Å²) in [5, 5.41) is 0. The van der Waals surface area contributed by atoms with Crippen LogP contribution in [0.4, 0.5) is 0 Å². The maximum absolute atomic E-state index is 7.00. The van der Waals surface area contributed by atoms with Crippen molar-refractivity contribution < 1.29 is 33.2 Å². The first-order valence-corrected chi connectivity index (χ1v) is 20.4. The van der Waals surface area contributed by atoms with Gasteiger partial charge in [0.25, 0.3) is 0 Å². The third-order valence-corrected chi connectivity index (χ3v) is 10.6. The number of epoxide rings is 1. The second kappa shape index (κ2) is 19.5. The van der Waals surface area contributed by atoms with Gasteiger partial charge in [-0.05, 0) is 62.5 Å². The van der Waals surface area contributed by atoms with E-state index in [0.29, 0.717) is 74.1 Å². The van der Waals surface area contributed by atoms with Gasteiger partial charge in [0.2, 0.25) is 5.75 Å². The average Bonchev–Trinajstić information content (AvgIpc) is 4.13. The normalized spacial score (nSPS) is 13.6. The third-order valence-electron chi connectivity index (χ3n) is 9.49. The van der Waals surface area contributed by atoms with Gasteiger partial charge in [-0.3, -0.25) is 0 Å². The summed E-state index contributed by atoms with van der Waals surface area (Å²) in [6.45, 7) is 2.31. The lowest BCUT2D eigenvalue weighted by molar-refractivity contribution is 0.156. The molecule has 58 heavy (non-hydrogen) atoms. The summed E-state index contributed by atoms with van der Waals surface area (Å²) in [5.74, 6) is 3.48. The summed E-state index contributed by atoms with van der Waals surface area (Å²) < 4.78 is 46.4. The van der Waals surface area contributed by atoms with Gasteiger partial charge >= 0.3 is 0 Å². The van der Waals surface area contributed by atoms with Crippen LogP contribution in [0.2, 0.25) is 0 Å². The van der Waals surface area contributed by atoms with Crippen LogP contribution in [0.5, 0.6) is 34.5 Å². The fraction of sp³-hybridized carbons (Fsp3) is 0.160. The zero-order valence-electron chi connectivity index (χ0n) is 31.9. The largest absolute Gasteiger partial charge is 0.489 e. The van der Waals surface area contributed by atoms with Gasteiger partial charge in [0, 0.05) is 17.7 Å². The quantitative estimate of drug-likeness (QED) is 0.0592. The van der Waals surface area contributed by atoms with Gasteiger partial charge < -0.3 is 33.2 Å². The minimum absolute atomic E-state index is 0.210. The van der Waals surface area contributed by atoms with E-state index in [4.69, 9.17) is 33.2 Å². The second-order valence-electron chi connectivity index (χ2n) is 13.9. The number of halogens is 1. The summed E-state index contributed by atoms with van der Waals surface area (Å²) in [6, 6.07) is 58.2. The Hall–Kier alpha value is -5.97. The Morgan fingerprint density at radius 2 is 0.810 bits per heavy atom. The van der Waals surface area contributed by atoms with E-state index >= 15 is 0 Å². The van der Waals surface area contributed by atoms with Crippen LogP contribution in [0.3, 0.4) is 0 Å². The Labute approximate surface area is 353 Å². The monoisotopic (exact) mass is 882 g/mol. The predicted octanol–water partition coefficient (Wildman–Crippen LogP) is 11.7. The van der Waals surface area contributed by atoms with Crippen LogP contribution in [0, 0.1) is 3.57 Å². The minimum atomic E-state index is -0.527. The van der Waals surface area contributed by atoms with Gasteiger partial charge in [0.05, 0.1) is 10.2 Å². The van der Waals surface area contributed by atoms with E-state index in [2.05, 4.69) is 22.6 Å². The van der Waals surface area contributed by atoms with Crippen molar-refractivity contribution in [1.29, 1.82) is 0 Å². The fourth-order valence-electron chi connectivity index (χ4n) is 6.34. The van der Waals surface area contributed by atoms with E-state index in [0.717, 1.165) is 37.0 Å². The molecule has 0 aliphatic carbocycles. The van der Waals surface area contributed by atoms with E-state index in [-0.39, 0.29) is 6.10 Å². The predicted molar refractivity (Wildman–Crippen MR) is 233 cm³/mol. The standard InChI is InChI=1S/C50H43IO7/c51-48-43(53-31-37-18-8-2-9-19-37)28-42(52-30-36-16-6-1-7-17-36)29-44(48)58-49(47-35-56-47)41-26-45(54-32-38-20-10-3-11-21-38)50(57-34-40-24-14-5-15-25-40)46(27-41)55-33-39-22-12-4-13-23-39/h1-29,47,49H,30-35H2/t47-,49+/m1/s1. The van der Waals surface area contributed by atoms with Crippen LogP contribution in [0.1, 0.15) is 39.5 Å². The lowest BCUT2D eigenvalue weighted by Gasteiger charge is -2.24. The summed E-state index contributed by atoms with van der Waals surface area (Å²) in [7, 11) is 0. The highest BCUT2D eigenvalue weighted by Gasteiger charge is 2.38. The molecule has 1 saturated heterocycles. The number of rotatable bonds is 19. The van der Waals surface area contributed by atoms with Gasteiger partial charge in [-0.25, -0.2) is 0 Å². The van der Waals surface area contributed by atoms with Crippen molar-refractivity contribution in [2.45, 2.75) is 45.2 Å². The summed E-state index contributed by atoms with van der Waals surface area (Å²) in [4.78, 5) is 0. The first-order valence-electron chi connectivity index (χ1n) is 19.3. The molecule has 0 bridgehead atoms. The molecule has 292 valence electrons. The summed E-state index contributed by atoms with van der Waals surface area (Å²) in [6.07, 6.45) is -0.736. The smallest absolute Gasteiger partial charge is 0.203 e. The van der Waals surface area contributed by atoms with Crippen LogP contribution in [0.25, 0.3) is 0 Å². The lowest BCUT2D eigenvalue weighted by Crippen LogP contribution is -2.16. The molecule has 8 heteroatoms. The summed E-state index contributed by atoms with van der Waals surface area (Å²) >= 11 is 2.30. The van der Waals surface area contributed by atoms with Crippen molar-refractivity contribution in [3.63, 3.8) is 0 Å². The second-order valence-corrected chi connectivity index (χ2v) is 14.9. The van der Waals surface area contributed by atoms with Crippen molar-refractivity contribution in [2.24, 2.45) is 0 Å². The maximum atomic E-state index is 7.00. The Morgan fingerprint density at radius 1 is 0.448 bits per heavy atom. The molecule has 0 radical (unpaired) electrons. The highest BCUT2D eigenvalue weighted by atomic mass is 127. The van der Waals surface area contributed by atoms with E-state index < -0.39 is 6.10 Å². The van der Waals surface area contributed by atoms with E-state index in [9.17, 15) is 0 Å². The number of ether oxygens (including phenoxy) is 7. The minimum Gasteiger partial charge on any atom is -0.489 e. The van der Waals surface area contributed by atoms with Crippen molar-refractivity contribution in [2.75, 3.05) is 6.61 Å². The molecule has 0 spiro atoms. The molecule has 7 aromatic carbocycles. The number of hydrogen-bond acceptors (Lipinski definition) is 7. The van der Waals surface area contributed by atoms with Crippen LogP contribution >= 0.6 is 22.6 Å². The highest BCUT2D eigenvalue weighted by molar-refractivity contribution is 14.1. The van der Waals surface area contributed by atoms with Crippen LogP contribution in [-0.2, 0) is 37.8 Å². The first kappa shape index (κ1) is 38.9. The van der Waals surface area contributed by atoms with Crippen molar-refractivity contribution >= 4 is 22.6 Å². The fourth-order valence-corrected chi connectivity index (χ4v) is 6.94. The number of hydrogen-bond donors (Lipinski definition) is 0. The van der Waals surface area contributed by atoms with Gasteiger partial charge in [0.1, 0.15) is 56.4 Å². The van der Waals surface area contributed by atoms with Crippen molar-refractivity contribution in [3.8, 4) is 34.5 Å². The Kier molecular flexibility index (Phi) is 13.0. The van der Waals surface area contributed by atoms with Gasteiger partial charge in [-0.15, -0.1) is 0 Å². The molecule has 0 saturated carbocycles. The molecule has 8 rings (SSSR count). The SMILES string of the molecule is Ic1c(OCc2ccccc2)cc(OCc2ccccc2)cc1O[C@@H](c1cc(OCc2ccccc2)c(OCc2ccccc2)c(OCc2ccccc2)c1)[C@H]1CO1. The number of benzene rings is 7. The zero-order chi connectivity index (χ0) is 39.4. The molecule has 7 nitrogen and oxygen atoms in total. The van der Waals surface area contributed by atoms with Gasteiger partial charge in [0.15, 0.2) is 17.6 Å². The molecule has 1 fully saturated rings. The van der Waals surface area contributed by atoms with Crippen LogP contribution in [0.15, 0.2) is 176 Å². The molecule has 2 atom stereocenters. The molecule has 1 aliphatic heterocycles. The first-order chi connectivity index (χ1) is 28.6. The maximum Gasteiger partial charge on any atom is 0.203 e. The molecule has 1 aliphatic rings. The lowest BCUT2D eigenvalue weighted by atomic mass is 10.0. The summed E-state index contributed by atoms with van der Waals surface area (Å²) in [5.41, 5.74) is 6.01. The van der Waals surface area contributed by atoms with Crippen LogP contribution < -0.4 is 28.4 Å². The van der Waals surface area contributed by atoms with Crippen LogP contribution in [-0.4, -0.2) is 12.7 Å². The van der Waals surface area contributed by atoms with Crippen molar-refractivity contribution in [3.05, 3.63) is 213 Å². The average molecular weight is 883 g/mol. The molecule has 0 unspecified atom stereocenters. The molecule has 0 amide bonds. The van der Waals surface area contributed by atoms with Crippen molar-refractivity contribution in [1.82, 2.24) is 0 Å². The van der Waals surface area contributed by atoms with E-state index in [1.807, 2.05) is 176 Å². The Bertz CT molecular complexity index is 2280. The van der Waals surface area contributed by atoms with Gasteiger partial charge in [-0.2, -0.15) is 0 Å². The molecule has 7 aromatic rings. The molecular formula is C50H43IO7. The topological polar surface area (TPSA) is 67.9 Å². The Balaban J connectivity index is 1.16. The molecule has 0 aromatic heterocycles. The molecular weight excluding hydrogens is 839 g/mol. The highest BCUT2D eigenvalue weighted by Crippen LogP contribution is 2.46. The third kappa shape index (κ3) is 10.7. The zero-order valence-corrected chi connectivity index (χ0v) is 34.0. The van der Waals surface area contributed by atoms with Gasteiger partial charge in [-0.1, -0.05) is 152 Å². The van der Waals surface area contributed by atoms with E-state index in [1.54, 1.807) is 0 Å². The molecule has 1 heterocycles. The Morgan fingerprint density at radius 3 is 1.22 bits per heavy atom. The molecule has 0 N–H and O–H groups in total. The van der Waals surface area contributed by atoms with E-state index in [1.165, 1.54) is 0 Å².